The van der Waals surface area contributed by atoms with Gasteiger partial charge in [0.1, 0.15) is 34.2 Å². The van der Waals surface area contributed by atoms with Crippen molar-refractivity contribution in [2.75, 3.05) is 10.6 Å². The maximum absolute atomic E-state index is 10.8. The predicted octanol–water partition coefficient (Wildman–Crippen LogP) is 16.3. The average molecular weight is 865 g/mol. The molecular formula is C56H76N6O2. The summed E-state index contributed by atoms with van der Waals surface area (Å²) >= 11 is 0. The lowest BCUT2D eigenvalue weighted by Crippen LogP contribution is -2.13. The molecule has 0 aliphatic rings. The Morgan fingerprint density at radius 2 is 0.641 bits per heavy atom. The number of nitrogens with one attached hydrogen (secondary N) is 2. The molecule has 0 saturated carbocycles. The van der Waals surface area contributed by atoms with E-state index in [0.717, 1.165) is 44.7 Å². The fourth-order valence-electron chi connectivity index (χ4n) is 5.92. The van der Waals surface area contributed by atoms with Gasteiger partial charge in [0.05, 0.1) is 12.1 Å². The molecule has 0 fully saturated rings. The van der Waals surface area contributed by atoms with E-state index in [4.69, 9.17) is 0 Å². The Labute approximate surface area is 386 Å². The number of fused-ring (bicyclic) bond motifs is 2. The molecule has 2 unspecified atom stereocenters. The van der Waals surface area contributed by atoms with E-state index in [1.54, 1.807) is 24.8 Å². The van der Waals surface area contributed by atoms with Crippen molar-refractivity contribution in [1.82, 2.24) is 19.9 Å². The highest BCUT2D eigenvalue weighted by atomic mass is 16.3. The van der Waals surface area contributed by atoms with Crippen LogP contribution in [0.2, 0.25) is 0 Å². The zero-order chi connectivity index (χ0) is 48.1. The highest BCUT2D eigenvalue weighted by Gasteiger charge is 2.21. The molecule has 64 heavy (non-hydrogen) atoms. The third-order valence-corrected chi connectivity index (χ3v) is 8.36. The average Bonchev–Trinajstić information content (AvgIpc) is 3.41. The van der Waals surface area contributed by atoms with Crippen LogP contribution in [0.4, 0.5) is 11.6 Å². The number of phenols is 2. The first-order chi connectivity index (χ1) is 31.7. The van der Waals surface area contributed by atoms with E-state index in [0.29, 0.717) is 11.0 Å². The molecule has 0 amide bonds. The molecular weight excluding hydrogens is 789 g/mol. The zero-order valence-corrected chi connectivity index (χ0v) is 41.0. The lowest BCUT2D eigenvalue weighted by Gasteiger charge is -2.22. The highest BCUT2D eigenvalue weighted by Crippen LogP contribution is 2.37. The van der Waals surface area contributed by atoms with Crippen molar-refractivity contribution in [3.05, 3.63) is 193 Å². The number of aromatic nitrogens is 4. The van der Waals surface area contributed by atoms with E-state index in [1.165, 1.54) is 0 Å². The monoisotopic (exact) mass is 865 g/mol. The summed E-state index contributed by atoms with van der Waals surface area (Å²) < 4.78 is 0. The van der Waals surface area contributed by atoms with Crippen LogP contribution >= 0.6 is 0 Å². The molecule has 2 atom stereocenters. The molecule has 4 N–H and O–H groups in total. The minimum Gasteiger partial charge on any atom is -0.505 e. The van der Waals surface area contributed by atoms with Crippen molar-refractivity contribution < 1.29 is 10.2 Å². The van der Waals surface area contributed by atoms with Crippen molar-refractivity contribution in [2.24, 2.45) is 0 Å². The number of hydrogen-bond donors (Lipinski definition) is 4. The van der Waals surface area contributed by atoms with Crippen LogP contribution in [0.15, 0.2) is 170 Å². The maximum atomic E-state index is 10.8. The molecule has 0 aliphatic carbocycles. The maximum Gasteiger partial charge on any atom is 0.147 e. The summed E-state index contributed by atoms with van der Waals surface area (Å²) in [6, 6.07) is 46.4. The number of pyridine rings is 4. The molecule has 8 heteroatoms. The van der Waals surface area contributed by atoms with Crippen LogP contribution in [0.3, 0.4) is 0 Å². The lowest BCUT2D eigenvalue weighted by atomic mass is 9.96. The normalized spacial score (nSPS) is 10.0. The Kier molecular flexibility index (Phi) is 32.0. The number of aromatic hydroxyl groups is 2. The van der Waals surface area contributed by atoms with Crippen LogP contribution in [-0.2, 0) is 0 Å². The summed E-state index contributed by atoms with van der Waals surface area (Å²) in [7, 11) is 0. The smallest absolute Gasteiger partial charge is 0.147 e. The predicted molar refractivity (Wildman–Crippen MR) is 279 cm³/mol. The van der Waals surface area contributed by atoms with Gasteiger partial charge in [-0.3, -0.25) is 9.97 Å². The summed E-state index contributed by atoms with van der Waals surface area (Å²) in [6.45, 7) is 28.0. The quantitative estimate of drug-likeness (QED) is 0.119. The van der Waals surface area contributed by atoms with Crippen molar-refractivity contribution >= 4 is 33.4 Å². The molecule has 0 aliphatic heterocycles. The van der Waals surface area contributed by atoms with Crippen LogP contribution < -0.4 is 10.6 Å². The van der Waals surface area contributed by atoms with Crippen LogP contribution in [-0.4, -0.2) is 30.1 Å². The second-order valence-electron chi connectivity index (χ2n) is 11.6. The molecule has 8 nitrogen and oxygen atoms in total. The minimum absolute atomic E-state index is 0.190. The van der Waals surface area contributed by atoms with E-state index >= 15 is 0 Å². The Morgan fingerprint density at radius 1 is 0.328 bits per heavy atom. The Hall–Kier alpha value is -6.80. The van der Waals surface area contributed by atoms with Crippen molar-refractivity contribution in [3.8, 4) is 11.5 Å². The van der Waals surface area contributed by atoms with Crippen molar-refractivity contribution in [3.63, 3.8) is 0 Å². The first kappa shape index (κ1) is 57.2. The number of benzene rings is 4. The standard InChI is InChI=1S/2C21H17N3O.7C2H6/c2*25-21-17(12-11-16-9-6-14-23-20(16)21)19(15-7-2-1-3-8-15)24-18-10-4-5-13-22-18;7*1-2/h2*1-14,19,25H,(H,22,24);7*1-2H3. The Morgan fingerprint density at radius 3 is 0.953 bits per heavy atom. The molecule has 0 radical (unpaired) electrons. The summed E-state index contributed by atoms with van der Waals surface area (Å²) in [6.07, 6.45) is 6.86. The molecule has 4 heterocycles. The van der Waals surface area contributed by atoms with Gasteiger partial charge in [0.2, 0.25) is 0 Å². The summed E-state index contributed by atoms with van der Waals surface area (Å²) in [4.78, 5) is 17.4. The highest BCUT2D eigenvalue weighted by molar-refractivity contribution is 5.87. The van der Waals surface area contributed by atoms with Gasteiger partial charge >= 0.3 is 0 Å². The number of anilines is 2. The van der Waals surface area contributed by atoms with E-state index < -0.39 is 0 Å². The van der Waals surface area contributed by atoms with E-state index in [-0.39, 0.29) is 23.6 Å². The fraction of sp³-hybridized carbons (Fsp3) is 0.286. The second-order valence-corrected chi connectivity index (χ2v) is 11.6. The second kappa shape index (κ2) is 35.8. The third kappa shape index (κ3) is 17.2. The van der Waals surface area contributed by atoms with E-state index in [1.807, 2.05) is 243 Å². The van der Waals surface area contributed by atoms with Gasteiger partial charge in [-0.1, -0.05) is 206 Å². The molecule has 8 rings (SSSR count). The van der Waals surface area contributed by atoms with Gasteiger partial charge in [-0.2, -0.15) is 0 Å². The van der Waals surface area contributed by atoms with Gasteiger partial charge in [-0.05, 0) is 47.5 Å². The summed E-state index contributed by atoms with van der Waals surface area (Å²) in [5.41, 5.74) is 4.82. The molecule has 0 saturated heterocycles. The molecule has 8 aromatic rings. The molecule has 342 valence electrons. The first-order valence-corrected chi connectivity index (χ1v) is 23.2. The zero-order valence-electron chi connectivity index (χ0n) is 41.0. The van der Waals surface area contributed by atoms with Gasteiger partial charge in [0.25, 0.3) is 0 Å². The van der Waals surface area contributed by atoms with Crippen molar-refractivity contribution in [2.45, 2.75) is 109 Å². The Bertz CT molecular complexity index is 2140. The summed E-state index contributed by atoms with van der Waals surface area (Å²) in [5.74, 6) is 1.87. The number of phenolic OH excluding ortho intramolecular Hbond substituents is 2. The van der Waals surface area contributed by atoms with Gasteiger partial charge in [0, 0.05) is 46.7 Å². The molecule has 4 aromatic heterocycles. The van der Waals surface area contributed by atoms with Crippen LogP contribution in [0.5, 0.6) is 11.5 Å². The molecule has 0 spiro atoms. The van der Waals surface area contributed by atoms with E-state index in [9.17, 15) is 10.2 Å². The largest absolute Gasteiger partial charge is 0.505 e. The van der Waals surface area contributed by atoms with E-state index in [2.05, 4.69) is 30.6 Å². The SMILES string of the molecule is CC.CC.CC.CC.CC.CC.CC.Oc1c(C(Nc2ccccn2)c2ccccc2)ccc2cccnc12.Oc1c(C(Nc2ccccn2)c2ccccc2)ccc2cccnc12. The van der Waals surface area contributed by atoms with Gasteiger partial charge in [-0.25, -0.2) is 9.97 Å². The number of rotatable bonds is 8. The topological polar surface area (TPSA) is 116 Å². The Balaban J connectivity index is 0.000000976. The molecule has 0 bridgehead atoms. The number of hydrogen-bond acceptors (Lipinski definition) is 8. The van der Waals surface area contributed by atoms with Gasteiger partial charge < -0.3 is 20.8 Å². The van der Waals surface area contributed by atoms with Crippen LogP contribution in [0.25, 0.3) is 21.8 Å². The summed E-state index contributed by atoms with van der Waals surface area (Å²) in [5, 5.41) is 30.3. The fourth-order valence-corrected chi connectivity index (χ4v) is 5.92. The third-order valence-electron chi connectivity index (χ3n) is 8.36. The molecule has 4 aromatic carbocycles. The number of nitrogens with zero attached hydrogens (tertiary/aromatic N) is 4. The van der Waals surface area contributed by atoms with Crippen LogP contribution in [0.1, 0.15) is 131 Å². The van der Waals surface area contributed by atoms with Crippen LogP contribution in [0, 0.1) is 0 Å². The minimum atomic E-state index is -0.234. The van der Waals surface area contributed by atoms with Crippen molar-refractivity contribution in [1.29, 1.82) is 0 Å². The van der Waals surface area contributed by atoms with Gasteiger partial charge in [0.15, 0.2) is 0 Å². The van der Waals surface area contributed by atoms with Gasteiger partial charge in [-0.15, -0.1) is 0 Å². The first-order valence-electron chi connectivity index (χ1n) is 23.2. The lowest BCUT2D eigenvalue weighted by molar-refractivity contribution is 0.471.